The maximum Gasteiger partial charge on any atom is 0.253 e. The molecule has 0 saturated heterocycles. The Labute approximate surface area is 125 Å². The number of hydrogen-bond donors (Lipinski definition) is 1. The normalized spacial score (nSPS) is 11.6. The number of amides is 1. The molecule has 0 unspecified atom stereocenters. The zero-order valence-electron chi connectivity index (χ0n) is 13.5. The first kappa shape index (κ1) is 15.5. The molecule has 0 spiro atoms. The van der Waals surface area contributed by atoms with Crippen molar-refractivity contribution in [1.82, 2.24) is 20.1 Å². The predicted octanol–water partition coefficient (Wildman–Crippen LogP) is 3.24. The number of pyridine rings is 1. The van der Waals surface area contributed by atoms with Crippen molar-refractivity contribution in [1.29, 1.82) is 0 Å². The highest BCUT2D eigenvalue weighted by atomic mass is 16.1. The third kappa shape index (κ3) is 3.06. The van der Waals surface area contributed by atoms with E-state index in [1.165, 1.54) is 0 Å². The Hall–Kier alpha value is -1.91. The molecule has 2 aromatic heterocycles. The fourth-order valence-corrected chi connectivity index (χ4v) is 2.43. The van der Waals surface area contributed by atoms with Crippen molar-refractivity contribution in [3.05, 3.63) is 23.5 Å². The molecule has 2 heterocycles. The summed E-state index contributed by atoms with van der Waals surface area (Å²) in [6.45, 7) is 10.2. The molecule has 2 rings (SSSR count). The fourth-order valence-electron chi connectivity index (χ4n) is 2.43. The van der Waals surface area contributed by atoms with Gasteiger partial charge in [-0.2, -0.15) is 5.10 Å². The van der Waals surface area contributed by atoms with Crippen molar-refractivity contribution in [3.8, 4) is 0 Å². The van der Waals surface area contributed by atoms with E-state index in [1.807, 2.05) is 17.7 Å². The lowest BCUT2D eigenvalue weighted by Crippen LogP contribution is -2.34. The largest absolute Gasteiger partial charge is 0.349 e. The van der Waals surface area contributed by atoms with Crippen molar-refractivity contribution in [2.24, 2.45) is 0 Å². The second-order valence-corrected chi connectivity index (χ2v) is 5.70. The summed E-state index contributed by atoms with van der Waals surface area (Å²) in [4.78, 5) is 17.0. The summed E-state index contributed by atoms with van der Waals surface area (Å²) in [6.07, 6.45) is 3.64. The highest BCUT2D eigenvalue weighted by molar-refractivity contribution is 5.98. The van der Waals surface area contributed by atoms with Crippen LogP contribution < -0.4 is 5.32 Å². The first-order valence-electron chi connectivity index (χ1n) is 7.63. The van der Waals surface area contributed by atoms with Gasteiger partial charge in [0.1, 0.15) is 0 Å². The van der Waals surface area contributed by atoms with Gasteiger partial charge in [-0.15, -0.1) is 0 Å². The molecule has 0 aromatic carbocycles. The molecule has 0 bridgehead atoms. The van der Waals surface area contributed by atoms with E-state index in [0.29, 0.717) is 5.56 Å². The number of carbonyl (C=O) groups is 1. The third-order valence-electron chi connectivity index (χ3n) is 3.81. The van der Waals surface area contributed by atoms with Crippen molar-refractivity contribution >= 4 is 16.9 Å². The minimum Gasteiger partial charge on any atom is -0.349 e. The van der Waals surface area contributed by atoms with Crippen LogP contribution in [0.4, 0.5) is 0 Å². The predicted molar refractivity (Wildman–Crippen MR) is 84.5 cm³/mol. The standard InChI is InChI=1S/C16H24N4O/c1-6-13(7-2)19-16(21)14-8-12-9-17-20(10(3)4)15(12)18-11(14)5/h8-10,13H,6-7H2,1-5H3,(H,19,21). The minimum absolute atomic E-state index is 0.0482. The molecule has 0 radical (unpaired) electrons. The van der Waals surface area contributed by atoms with Crippen LogP contribution in [0.3, 0.4) is 0 Å². The van der Waals surface area contributed by atoms with Crippen LogP contribution in [0, 0.1) is 6.92 Å². The monoisotopic (exact) mass is 288 g/mol. The number of nitrogens with one attached hydrogen (secondary N) is 1. The van der Waals surface area contributed by atoms with Crippen molar-refractivity contribution in [2.45, 2.75) is 59.5 Å². The Morgan fingerprint density at radius 3 is 2.57 bits per heavy atom. The number of hydrogen-bond acceptors (Lipinski definition) is 3. The lowest BCUT2D eigenvalue weighted by atomic mass is 10.1. The smallest absolute Gasteiger partial charge is 0.253 e. The van der Waals surface area contributed by atoms with Crippen LogP contribution in [0.5, 0.6) is 0 Å². The van der Waals surface area contributed by atoms with Gasteiger partial charge in [0.15, 0.2) is 5.65 Å². The number of fused-ring (bicyclic) bond motifs is 1. The molecule has 0 atom stereocenters. The Kier molecular flexibility index (Phi) is 4.60. The number of aryl methyl sites for hydroxylation is 1. The van der Waals surface area contributed by atoms with Gasteiger partial charge in [-0.25, -0.2) is 9.67 Å². The highest BCUT2D eigenvalue weighted by Crippen LogP contribution is 2.19. The number of aromatic nitrogens is 3. The number of nitrogens with zero attached hydrogens (tertiary/aromatic N) is 3. The van der Waals surface area contributed by atoms with E-state index in [-0.39, 0.29) is 18.0 Å². The van der Waals surface area contributed by atoms with Gasteiger partial charge in [-0.1, -0.05) is 13.8 Å². The lowest BCUT2D eigenvalue weighted by molar-refractivity contribution is 0.0934. The molecule has 0 fully saturated rings. The SMILES string of the molecule is CCC(CC)NC(=O)c1cc2cnn(C(C)C)c2nc1C. The van der Waals surface area contributed by atoms with Gasteiger partial charge < -0.3 is 5.32 Å². The van der Waals surface area contributed by atoms with Gasteiger partial charge in [0.25, 0.3) is 5.91 Å². The summed E-state index contributed by atoms with van der Waals surface area (Å²) in [5.74, 6) is -0.0482. The average Bonchev–Trinajstić information content (AvgIpc) is 2.86. The average molecular weight is 288 g/mol. The van der Waals surface area contributed by atoms with Crippen LogP contribution in [-0.2, 0) is 0 Å². The second kappa shape index (κ2) is 6.24. The van der Waals surface area contributed by atoms with Gasteiger partial charge in [0.05, 0.1) is 17.5 Å². The van der Waals surface area contributed by atoms with Crippen LogP contribution in [-0.4, -0.2) is 26.7 Å². The zero-order valence-corrected chi connectivity index (χ0v) is 13.5. The van der Waals surface area contributed by atoms with Crippen LogP contribution >= 0.6 is 0 Å². The van der Waals surface area contributed by atoms with Gasteiger partial charge in [-0.05, 0) is 39.7 Å². The maximum absolute atomic E-state index is 12.4. The summed E-state index contributed by atoms with van der Waals surface area (Å²) >= 11 is 0. The van der Waals surface area contributed by atoms with Crippen LogP contribution in [0.1, 0.15) is 62.6 Å². The summed E-state index contributed by atoms with van der Waals surface area (Å²) in [5, 5.41) is 8.32. The van der Waals surface area contributed by atoms with E-state index >= 15 is 0 Å². The van der Waals surface area contributed by atoms with E-state index in [0.717, 1.165) is 29.6 Å². The molecular formula is C16H24N4O. The van der Waals surface area contributed by atoms with Crippen LogP contribution in [0.15, 0.2) is 12.3 Å². The summed E-state index contributed by atoms with van der Waals surface area (Å²) in [6, 6.07) is 2.35. The Balaban J connectivity index is 2.37. The molecule has 1 N–H and O–H groups in total. The number of rotatable bonds is 5. The first-order chi connectivity index (χ1) is 9.97. The van der Waals surface area contributed by atoms with E-state index in [4.69, 9.17) is 0 Å². The van der Waals surface area contributed by atoms with Crippen LogP contribution in [0.2, 0.25) is 0 Å². The quantitative estimate of drug-likeness (QED) is 0.918. The van der Waals surface area contributed by atoms with Gasteiger partial charge in [0.2, 0.25) is 0 Å². The van der Waals surface area contributed by atoms with Crippen molar-refractivity contribution in [2.75, 3.05) is 0 Å². The van der Waals surface area contributed by atoms with Crippen molar-refractivity contribution in [3.63, 3.8) is 0 Å². The Morgan fingerprint density at radius 2 is 2.00 bits per heavy atom. The Bertz CT molecular complexity index is 641. The summed E-state index contributed by atoms with van der Waals surface area (Å²) in [5.41, 5.74) is 2.22. The van der Waals surface area contributed by atoms with Gasteiger partial charge >= 0.3 is 0 Å². The van der Waals surface area contributed by atoms with E-state index in [1.54, 1.807) is 6.20 Å². The highest BCUT2D eigenvalue weighted by Gasteiger charge is 2.17. The van der Waals surface area contributed by atoms with Crippen molar-refractivity contribution < 1.29 is 4.79 Å². The molecule has 0 aliphatic carbocycles. The van der Waals surface area contributed by atoms with Gasteiger partial charge in [-0.3, -0.25) is 4.79 Å². The second-order valence-electron chi connectivity index (χ2n) is 5.70. The molecule has 114 valence electrons. The molecule has 1 amide bonds. The van der Waals surface area contributed by atoms with Crippen LogP contribution in [0.25, 0.3) is 11.0 Å². The number of carbonyl (C=O) groups excluding carboxylic acids is 1. The fraction of sp³-hybridized carbons (Fsp3) is 0.562. The molecule has 21 heavy (non-hydrogen) atoms. The topological polar surface area (TPSA) is 59.8 Å². The molecule has 0 aliphatic rings. The summed E-state index contributed by atoms with van der Waals surface area (Å²) < 4.78 is 1.88. The molecule has 5 heteroatoms. The summed E-state index contributed by atoms with van der Waals surface area (Å²) in [7, 11) is 0. The lowest BCUT2D eigenvalue weighted by Gasteiger charge is -2.15. The molecule has 5 nitrogen and oxygen atoms in total. The Morgan fingerprint density at radius 1 is 1.33 bits per heavy atom. The minimum atomic E-state index is -0.0482. The molecule has 0 saturated carbocycles. The molecule has 2 aromatic rings. The van der Waals surface area contributed by atoms with E-state index in [9.17, 15) is 4.79 Å². The maximum atomic E-state index is 12.4. The molecular weight excluding hydrogens is 264 g/mol. The first-order valence-corrected chi connectivity index (χ1v) is 7.63. The molecule has 0 aliphatic heterocycles. The van der Waals surface area contributed by atoms with E-state index in [2.05, 4.69) is 43.1 Å². The van der Waals surface area contributed by atoms with E-state index < -0.39 is 0 Å². The third-order valence-corrected chi connectivity index (χ3v) is 3.81. The van der Waals surface area contributed by atoms with Gasteiger partial charge in [0, 0.05) is 17.5 Å². The zero-order chi connectivity index (χ0) is 15.6.